The first kappa shape index (κ1) is 13.6. The standard InChI is InChI=1S/C12H9ClO5S/c13-8-2-1-3-9(6-8)19(16,17)7-11-10(12(14)15)4-5-18-11/h1-6H,7H2,(H,14,15). The summed E-state index contributed by atoms with van der Waals surface area (Å²) < 4.78 is 29.2. The van der Waals surface area contributed by atoms with Gasteiger partial charge in [0.05, 0.1) is 11.2 Å². The van der Waals surface area contributed by atoms with E-state index < -0.39 is 21.6 Å². The number of benzene rings is 1. The lowest BCUT2D eigenvalue weighted by Crippen LogP contribution is -2.08. The zero-order valence-corrected chi connectivity index (χ0v) is 11.1. The molecule has 2 aromatic rings. The molecule has 0 radical (unpaired) electrons. The summed E-state index contributed by atoms with van der Waals surface area (Å²) in [6.07, 6.45) is 1.15. The summed E-state index contributed by atoms with van der Waals surface area (Å²) in [5.41, 5.74) is -0.161. The number of sulfone groups is 1. The maximum Gasteiger partial charge on any atom is 0.339 e. The first-order chi connectivity index (χ1) is 8.90. The van der Waals surface area contributed by atoms with Gasteiger partial charge in [-0.25, -0.2) is 13.2 Å². The Hall–Kier alpha value is -1.79. The minimum Gasteiger partial charge on any atom is -0.478 e. The second kappa shape index (κ2) is 5.07. The fourth-order valence-electron chi connectivity index (χ4n) is 1.56. The maximum absolute atomic E-state index is 12.1. The van der Waals surface area contributed by atoms with E-state index in [1.165, 1.54) is 24.3 Å². The molecule has 100 valence electrons. The summed E-state index contributed by atoms with van der Waals surface area (Å²) in [5, 5.41) is 9.18. The molecule has 0 spiro atoms. The molecule has 0 fully saturated rings. The van der Waals surface area contributed by atoms with Gasteiger partial charge < -0.3 is 9.52 Å². The summed E-state index contributed by atoms with van der Waals surface area (Å²) in [5.74, 6) is -1.86. The van der Waals surface area contributed by atoms with Gasteiger partial charge in [-0.1, -0.05) is 17.7 Å². The third-order valence-electron chi connectivity index (χ3n) is 2.45. The van der Waals surface area contributed by atoms with Crippen molar-refractivity contribution in [3.05, 3.63) is 52.9 Å². The Morgan fingerprint density at radius 2 is 2.05 bits per heavy atom. The van der Waals surface area contributed by atoms with Gasteiger partial charge in [0.25, 0.3) is 0 Å². The fourth-order valence-corrected chi connectivity index (χ4v) is 3.14. The van der Waals surface area contributed by atoms with Crippen LogP contribution in [-0.2, 0) is 15.6 Å². The Bertz CT molecular complexity index is 717. The second-order valence-electron chi connectivity index (χ2n) is 3.78. The maximum atomic E-state index is 12.1. The number of aromatic carboxylic acids is 1. The molecule has 0 atom stereocenters. The molecule has 0 aliphatic carbocycles. The molecule has 0 unspecified atom stereocenters. The average Bonchev–Trinajstić information content (AvgIpc) is 2.76. The normalized spacial score (nSPS) is 11.4. The fraction of sp³-hybridized carbons (Fsp3) is 0.0833. The first-order valence-corrected chi connectivity index (χ1v) is 7.21. The Balaban J connectivity index is 2.37. The molecule has 1 aromatic carbocycles. The molecular formula is C12H9ClO5S. The zero-order chi connectivity index (χ0) is 14.0. The largest absolute Gasteiger partial charge is 0.478 e. The van der Waals surface area contributed by atoms with Crippen molar-refractivity contribution < 1.29 is 22.7 Å². The van der Waals surface area contributed by atoms with Crippen LogP contribution >= 0.6 is 11.6 Å². The molecule has 1 heterocycles. The number of carbonyl (C=O) groups is 1. The smallest absolute Gasteiger partial charge is 0.339 e. The van der Waals surface area contributed by atoms with Crippen LogP contribution in [0.15, 0.2) is 45.9 Å². The number of carboxylic acid groups (broad SMARTS) is 1. The van der Waals surface area contributed by atoms with Gasteiger partial charge in [0.15, 0.2) is 9.84 Å². The summed E-state index contributed by atoms with van der Waals surface area (Å²) in [4.78, 5) is 10.9. The van der Waals surface area contributed by atoms with E-state index in [2.05, 4.69) is 0 Å². The molecule has 2 rings (SSSR count). The Morgan fingerprint density at radius 1 is 1.32 bits per heavy atom. The zero-order valence-electron chi connectivity index (χ0n) is 9.54. The Morgan fingerprint density at radius 3 is 2.68 bits per heavy atom. The van der Waals surface area contributed by atoms with E-state index in [4.69, 9.17) is 21.1 Å². The molecule has 0 aliphatic heterocycles. The van der Waals surface area contributed by atoms with E-state index in [0.29, 0.717) is 5.02 Å². The van der Waals surface area contributed by atoms with Crippen LogP contribution in [0.5, 0.6) is 0 Å². The van der Waals surface area contributed by atoms with Gasteiger partial charge in [0.2, 0.25) is 0 Å². The summed E-state index contributed by atoms with van der Waals surface area (Å²) in [6, 6.07) is 6.97. The molecular weight excluding hydrogens is 292 g/mol. The van der Waals surface area contributed by atoms with E-state index in [1.807, 2.05) is 0 Å². The molecule has 0 saturated heterocycles. The average molecular weight is 301 g/mol. The molecule has 19 heavy (non-hydrogen) atoms. The van der Waals surface area contributed by atoms with Crippen LogP contribution in [0.1, 0.15) is 16.1 Å². The third kappa shape index (κ3) is 2.97. The SMILES string of the molecule is O=C(O)c1ccoc1CS(=O)(=O)c1cccc(Cl)c1. The van der Waals surface area contributed by atoms with E-state index in [9.17, 15) is 13.2 Å². The highest BCUT2D eigenvalue weighted by Crippen LogP contribution is 2.22. The number of furan rings is 1. The van der Waals surface area contributed by atoms with Gasteiger partial charge in [-0.3, -0.25) is 0 Å². The van der Waals surface area contributed by atoms with Crippen molar-refractivity contribution in [3.63, 3.8) is 0 Å². The van der Waals surface area contributed by atoms with Gasteiger partial charge in [-0.05, 0) is 24.3 Å². The molecule has 1 aromatic heterocycles. The number of halogens is 1. The van der Waals surface area contributed by atoms with E-state index in [-0.39, 0.29) is 16.2 Å². The van der Waals surface area contributed by atoms with Crippen LogP contribution in [0, 0.1) is 0 Å². The number of carboxylic acids is 1. The van der Waals surface area contributed by atoms with Crippen LogP contribution in [0.3, 0.4) is 0 Å². The molecule has 7 heteroatoms. The lowest BCUT2D eigenvalue weighted by molar-refractivity contribution is 0.0695. The van der Waals surface area contributed by atoms with Crippen LogP contribution < -0.4 is 0 Å². The Kier molecular flexibility index (Phi) is 3.64. The predicted octanol–water partition coefficient (Wildman–Crippen LogP) is 2.61. The monoisotopic (exact) mass is 300 g/mol. The number of hydrogen-bond acceptors (Lipinski definition) is 4. The minimum absolute atomic E-state index is 0.0211. The van der Waals surface area contributed by atoms with E-state index >= 15 is 0 Å². The van der Waals surface area contributed by atoms with Gasteiger partial charge in [-0.2, -0.15) is 0 Å². The minimum atomic E-state index is -3.70. The molecule has 0 saturated carbocycles. The van der Waals surface area contributed by atoms with Crippen molar-refractivity contribution in [1.82, 2.24) is 0 Å². The Labute approximate surface area is 114 Å². The topological polar surface area (TPSA) is 84.6 Å². The van der Waals surface area contributed by atoms with Crippen molar-refractivity contribution in [1.29, 1.82) is 0 Å². The van der Waals surface area contributed by atoms with Crippen molar-refractivity contribution in [2.75, 3.05) is 0 Å². The second-order valence-corrected chi connectivity index (χ2v) is 6.21. The highest BCUT2D eigenvalue weighted by Gasteiger charge is 2.22. The highest BCUT2D eigenvalue weighted by atomic mass is 35.5. The van der Waals surface area contributed by atoms with Crippen molar-refractivity contribution in [2.24, 2.45) is 0 Å². The van der Waals surface area contributed by atoms with Crippen LogP contribution in [-0.4, -0.2) is 19.5 Å². The number of rotatable bonds is 4. The van der Waals surface area contributed by atoms with E-state index in [1.54, 1.807) is 6.07 Å². The van der Waals surface area contributed by atoms with Crippen LogP contribution in [0.25, 0.3) is 0 Å². The molecule has 0 aliphatic rings. The van der Waals surface area contributed by atoms with Crippen molar-refractivity contribution >= 4 is 27.4 Å². The van der Waals surface area contributed by atoms with Gasteiger partial charge >= 0.3 is 5.97 Å². The molecule has 1 N–H and O–H groups in total. The van der Waals surface area contributed by atoms with Gasteiger partial charge in [0.1, 0.15) is 17.1 Å². The lowest BCUT2D eigenvalue weighted by atomic mass is 10.3. The summed E-state index contributed by atoms with van der Waals surface area (Å²) >= 11 is 5.73. The van der Waals surface area contributed by atoms with Gasteiger partial charge in [-0.15, -0.1) is 0 Å². The van der Waals surface area contributed by atoms with Crippen molar-refractivity contribution in [2.45, 2.75) is 10.6 Å². The molecule has 5 nitrogen and oxygen atoms in total. The predicted molar refractivity (Wildman–Crippen MR) is 68.0 cm³/mol. The quantitative estimate of drug-likeness (QED) is 0.938. The summed E-state index contributed by atoms with van der Waals surface area (Å²) in [6.45, 7) is 0. The first-order valence-electron chi connectivity index (χ1n) is 5.18. The van der Waals surface area contributed by atoms with Gasteiger partial charge in [0, 0.05) is 5.02 Å². The third-order valence-corrected chi connectivity index (χ3v) is 4.30. The molecule has 0 amide bonds. The van der Waals surface area contributed by atoms with Crippen LogP contribution in [0.4, 0.5) is 0 Å². The van der Waals surface area contributed by atoms with Crippen molar-refractivity contribution in [3.8, 4) is 0 Å². The summed E-state index contributed by atoms with van der Waals surface area (Å²) in [7, 11) is -3.70. The molecule has 0 bridgehead atoms. The highest BCUT2D eigenvalue weighted by molar-refractivity contribution is 7.90. The number of hydrogen-bond donors (Lipinski definition) is 1. The lowest BCUT2D eigenvalue weighted by Gasteiger charge is -2.04. The van der Waals surface area contributed by atoms with Crippen LogP contribution in [0.2, 0.25) is 5.02 Å². The van der Waals surface area contributed by atoms with E-state index in [0.717, 1.165) is 6.26 Å².